The normalized spacial score (nSPS) is 10.1. The molecule has 2 aromatic carbocycles. The molecule has 0 amide bonds. The molecule has 0 saturated carbocycles. The first kappa shape index (κ1) is 12.2. The number of hydrogen-bond donors (Lipinski definition) is 0. The molecule has 90 valence electrons. The molecule has 18 heavy (non-hydrogen) atoms. The Bertz CT molecular complexity index is 576. The van der Waals surface area contributed by atoms with E-state index in [4.69, 9.17) is 0 Å². The molecule has 0 aliphatic rings. The minimum Gasteiger partial charge on any atom is -0.290 e. The number of Topliss-reactive ketones (excluding diaryl/α,β-unsaturated/α-hetero) is 2. The molecule has 0 aliphatic carbocycles. The average Bonchev–Trinajstić information content (AvgIpc) is 2.41. The van der Waals surface area contributed by atoms with Gasteiger partial charge < -0.3 is 0 Å². The molecule has 0 aromatic heterocycles. The van der Waals surface area contributed by atoms with Crippen molar-refractivity contribution in [3.8, 4) is 0 Å². The van der Waals surface area contributed by atoms with Gasteiger partial charge in [0.2, 0.25) is 11.6 Å². The molecule has 0 N–H and O–H groups in total. The maximum Gasteiger partial charge on any atom is 0.228 e. The zero-order valence-electron chi connectivity index (χ0n) is 9.60. The quantitative estimate of drug-likeness (QED) is 0.610. The van der Waals surface area contributed by atoms with E-state index in [0.717, 1.165) is 0 Å². The fraction of sp³-hybridized carbons (Fsp3) is 0.0667. The van der Waals surface area contributed by atoms with Gasteiger partial charge in [-0.3, -0.25) is 9.59 Å². The maximum absolute atomic E-state index is 13.4. The second-order valence-corrected chi connectivity index (χ2v) is 3.89. The third-order valence-electron chi connectivity index (χ3n) is 2.60. The number of carbonyl (C=O) groups excluding carboxylic acids is 2. The minimum absolute atomic E-state index is 0.208. The van der Waals surface area contributed by atoms with Crippen LogP contribution in [0.15, 0.2) is 54.6 Å². The van der Waals surface area contributed by atoms with Crippen molar-refractivity contribution >= 4 is 11.6 Å². The lowest BCUT2D eigenvalue weighted by Crippen LogP contribution is -2.17. The van der Waals surface area contributed by atoms with Crippen LogP contribution in [0.4, 0.5) is 4.39 Å². The number of hydrogen-bond acceptors (Lipinski definition) is 2. The van der Waals surface area contributed by atoms with Gasteiger partial charge in [-0.1, -0.05) is 48.5 Å². The first-order valence-electron chi connectivity index (χ1n) is 5.54. The summed E-state index contributed by atoms with van der Waals surface area (Å²) in [4.78, 5) is 23.5. The van der Waals surface area contributed by atoms with Crippen LogP contribution in [0, 0.1) is 5.82 Å². The molecule has 0 aliphatic heterocycles. The van der Waals surface area contributed by atoms with Crippen molar-refractivity contribution < 1.29 is 14.0 Å². The topological polar surface area (TPSA) is 34.1 Å². The zero-order chi connectivity index (χ0) is 13.0. The fourth-order valence-electron chi connectivity index (χ4n) is 1.65. The van der Waals surface area contributed by atoms with Gasteiger partial charge in [-0.25, -0.2) is 4.39 Å². The summed E-state index contributed by atoms with van der Waals surface area (Å²) in [5.74, 6) is -1.66. The lowest BCUT2D eigenvalue weighted by Gasteiger charge is -2.02. The summed E-state index contributed by atoms with van der Waals surface area (Å²) >= 11 is 0. The van der Waals surface area contributed by atoms with Crippen molar-refractivity contribution in [2.24, 2.45) is 0 Å². The summed E-state index contributed by atoms with van der Waals surface area (Å²) in [5, 5.41) is 0. The average molecular weight is 242 g/mol. The second-order valence-electron chi connectivity index (χ2n) is 3.89. The molecule has 0 bridgehead atoms. The Morgan fingerprint density at radius 3 is 2.17 bits per heavy atom. The van der Waals surface area contributed by atoms with Gasteiger partial charge in [0.15, 0.2) is 0 Å². The summed E-state index contributed by atoms with van der Waals surface area (Å²) < 4.78 is 13.4. The lowest BCUT2D eigenvalue weighted by molar-refractivity contribution is -0.114. The molecular formula is C15H11FO2. The van der Waals surface area contributed by atoms with E-state index in [2.05, 4.69) is 0 Å². The van der Waals surface area contributed by atoms with Crippen LogP contribution in [-0.2, 0) is 11.2 Å². The smallest absolute Gasteiger partial charge is 0.228 e. The molecule has 0 heterocycles. The van der Waals surface area contributed by atoms with E-state index in [9.17, 15) is 14.0 Å². The van der Waals surface area contributed by atoms with Gasteiger partial charge in [-0.2, -0.15) is 0 Å². The third kappa shape index (κ3) is 2.69. The van der Waals surface area contributed by atoms with Crippen LogP contribution in [0.3, 0.4) is 0 Å². The summed E-state index contributed by atoms with van der Waals surface area (Å²) in [5.41, 5.74) is 0.575. The van der Waals surface area contributed by atoms with E-state index < -0.39 is 17.4 Å². The van der Waals surface area contributed by atoms with E-state index in [-0.39, 0.29) is 12.0 Å². The minimum atomic E-state index is -0.605. The van der Waals surface area contributed by atoms with Crippen molar-refractivity contribution in [1.82, 2.24) is 0 Å². The molecule has 3 heteroatoms. The number of ketones is 2. The Labute approximate surface area is 104 Å². The molecule has 2 nitrogen and oxygen atoms in total. The molecule has 2 rings (SSSR count). The van der Waals surface area contributed by atoms with Crippen molar-refractivity contribution in [3.05, 3.63) is 71.5 Å². The van der Waals surface area contributed by atoms with E-state index in [1.54, 1.807) is 42.5 Å². The van der Waals surface area contributed by atoms with E-state index >= 15 is 0 Å². The van der Waals surface area contributed by atoms with Gasteiger partial charge in [0.1, 0.15) is 5.82 Å². The summed E-state index contributed by atoms with van der Waals surface area (Å²) in [6.07, 6.45) is -0.208. The maximum atomic E-state index is 13.4. The van der Waals surface area contributed by atoms with Crippen molar-refractivity contribution in [1.29, 1.82) is 0 Å². The van der Waals surface area contributed by atoms with Crippen LogP contribution >= 0.6 is 0 Å². The Morgan fingerprint density at radius 1 is 0.889 bits per heavy atom. The highest BCUT2D eigenvalue weighted by Gasteiger charge is 2.17. The van der Waals surface area contributed by atoms with Crippen molar-refractivity contribution in [2.45, 2.75) is 6.42 Å². The van der Waals surface area contributed by atoms with Crippen LogP contribution in [0.2, 0.25) is 0 Å². The predicted molar refractivity (Wildman–Crippen MR) is 65.9 cm³/mol. The van der Waals surface area contributed by atoms with E-state index in [1.165, 1.54) is 12.1 Å². The molecule has 0 radical (unpaired) electrons. The molecule has 0 spiro atoms. The van der Waals surface area contributed by atoms with Gasteiger partial charge in [0.25, 0.3) is 0 Å². The summed E-state index contributed by atoms with van der Waals surface area (Å²) in [7, 11) is 0. The number of benzene rings is 2. The van der Waals surface area contributed by atoms with Crippen LogP contribution in [0.1, 0.15) is 15.9 Å². The summed E-state index contributed by atoms with van der Waals surface area (Å²) in [6.45, 7) is 0. The predicted octanol–water partition coefficient (Wildman–Crippen LogP) is 2.82. The summed E-state index contributed by atoms with van der Waals surface area (Å²) in [6, 6.07) is 14.2. The number of halogens is 1. The highest BCUT2D eigenvalue weighted by atomic mass is 19.1. The van der Waals surface area contributed by atoms with Crippen LogP contribution in [0.25, 0.3) is 0 Å². The largest absolute Gasteiger partial charge is 0.290 e. The van der Waals surface area contributed by atoms with Crippen molar-refractivity contribution in [3.63, 3.8) is 0 Å². The van der Waals surface area contributed by atoms with E-state index in [0.29, 0.717) is 5.56 Å². The SMILES string of the molecule is O=C(Cc1ccccc1F)C(=O)c1ccccc1. The third-order valence-corrected chi connectivity index (χ3v) is 2.60. The van der Waals surface area contributed by atoms with Gasteiger partial charge >= 0.3 is 0 Å². The Kier molecular flexibility index (Phi) is 3.63. The fourth-order valence-corrected chi connectivity index (χ4v) is 1.65. The molecule has 2 aromatic rings. The Balaban J connectivity index is 2.14. The molecule has 0 fully saturated rings. The highest BCUT2D eigenvalue weighted by Crippen LogP contribution is 2.09. The van der Waals surface area contributed by atoms with Gasteiger partial charge in [-0.15, -0.1) is 0 Å². The Hall–Kier alpha value is -2.29. The number of rotatable bonds is 4. The Morgan fingerprint density at radius 2 is 1.50 bits per heavy atom. The lowest BCUT2D eigenvalue weighted by atomic mass is 10.0. The van der Waals surface area contributed by atoms with Crippen molar-refractivity contribution in [2.75, 3.05) is 0 Å². The van der Waals surface area contributed by atoms with Crippen LogP contribution in [0.5, 0.6) is 0 Å². The van der Waals surface area contributed by atoms with Gasteiger partial charge in [0, 0.05) is 12.0 Å². The van der Waals surface area contributed by atoms with Crippen LogP contribution < -0.4 is 0 Å². The van der Waals surface area contributed by atoms with Crippen LogP contribution in [-0.4, -0.2) is 11.6 Å². The number of carbonyl (C=O) groups is 2. The monoisotopic (exact) mass is 242 g/mol. The first-order chi connectivity index (χ1) is 8.68. The standard InChI is InChI=1S/C15H11FO2/c16-13-9-5-4-8-12(13)10-14(17)15(18)11-6-2-1-3-7-11/h1-9H,10H2. The molecule has 0 saturated heterocycles. The molecule has 0 unspecified atom stereocenters. The zero-order valence-corrected chi connectivity index (χ0v) is 9.60. The first-order valence-corrected chi connectivity index (χ1v) is 5.54. The van der Waals surface area contributed by atoms with Gasteiger partial charge in [0.05, 0.1) is 0 Å². The molecular weight excluding hydrogens is 231 g/mol. The molecule has 0 atom stereocenters. The highest BCUT2D eigenvalue weighted by molar-refractivity contribution is 6.44. The van der Waals surface area contributed by atoms with Gasteiger partial charge in [-0.05, 0) is 11.6 Å². The van der Waals surface area contributed by atoms with E-state index in [1.807, 2.05) is 0 Å². The second kappa shape index (κ2) is 5.36.